The Kier molecular flexibility index (Phi) is 20.0. The molecule has 0 radical (unpaired) electrons. The van der Waals surface area contributed by atoms with Crippen LogP contribution in [-0.2, 0) is 16.8 Å². The molecule has 1 aliphatic rings. The maximum atomic E-state index is 10.2. The molecule has 280 valence electrons. The molecule has 53 heavy (non-hydrogen) atoms. The van der Waals surface area contributed by atoms with Gasteiger partial charge in [0.2, 0.25) is 0 Å². The summed E-state index contributed by atoms with van der Waals surface area (Å²) in [5.41, 5.74) is 1.28. The Morgan fingerprint density at radius 3 is 1.40 bits per heavy atom. The van der Waals surface area contributed by atoms with Gasteiger partial charge in [0.05, 0.1) is 34.6 Å². The zero-order valence-corrected chi connectivity index (χ0v) is 29.4. The normalized spacial score (nSPS) is 12.7. The van der Waals surface area contributed by atoms with Gasteiger partial charge in [-0.3, -0.25) is 9.88 Å². The first kappa shape index (κ1) is 45.0. The van der Waals surface area contributed by atoms with Crippen LogP contribution in [0.5, 0.6) is 23.0 Å². The smallest absolute Gasteiger partial charge is 0.593 e. The fraction of sp³-hybridized carbons (Fsp3) is 0.158. The molecule has 2 heterocycles. The molecule has 15 heteroatoms. The van der Waals surface area contributed by atoms with E-state index in [4.69, 9.17) is 30.6 Å². The van der Waals surface area contributed by atoms with Crippen molar-refractivity contribution in [1.29, 1.82) is 0 Å². The third kappa shape index (κ3) is 15.4. The van der Waals surface area contributed by atoms with E-state index >= 15 is 0 Å². The molecule has 0 bridgehead atoms. The van der Waals surface area contributed by atoms with Crippen LogP contribution < -0.4 is 15.3 Å². The van der Waals surface area contributed by atoms with Gasteiger partial charge in [0, 0.05) is 42.2 Å². The van der Waals surface area contributed by atoms with E-state index in [-0.39, 0.29) is 62.0 Å². The number of rotatable bonds is 5. The Bertz CT molecular complexity index is 1740. The first-order valence-corrected chi connectivity index (χ1v) is 15.5. The molecule has 4 aromatic carbocycles. The van der Waals surface area contributed by atoms with Crippen molar-refractivity contribution in [3.05, 3.63) is 149 Å². The summed E-state index contributed by atoms with van der Waals surface area (Å²) < 4.78 is 0. The van der Waals surface area contributed by atoms with E-state index < -0.39 is 24.2 Å². The number of benzene rings is 4. The topological polar surface area (TPSA) is 266 Å². The number of hydrogen-bond donors (Lipinski definition) is 3. The number of likely N-dealkylation sites (tertiary alicyclic amines) is 1. The van der Waals surface area contributed by atoms with Gasteiger partial charge in [-0.05, 0) is 62.3 Å². The fourth-order valence-corrected chi connectivity index (χ4v) is 4.59. The van der Waals surface area contributed by atoms with E-state index in [0.29, 0.717) is 6.04 Å². The van der Waals surface area contributed by atoms with Crippen molar-refractivity contribution in [2.75, 3.05) is 13.6 Å². The van der Waals surface area contributed by atoms with Crippen LogP contribution in [0.4, 0.5) is 0 Å². The second-order valence-electron chi connectivity index (χ2n) is 10.9. The van der Waals surface area contributed by atoms with Gasteiger partial charge < -0.3 is 60.3 Å². The Morgan fingerprint density at radius 1 is 0.698 bits per heavy atom. The number of pyridine rings is 1. The summed E-state index contributed by atoms with van der Waals surface area (Å²) in [6, 6.07) is 28.6. The van der Waals surface area contributed by atoms with Gasteiger partial charge in [-0.25, -0.2) is 0 Å². The summed E-state index contributed by atoms with van der Waals surface area (Å²) in [7, 11) is 2.19. The largest absolute Gasteiger partial charge is 3.00 e. The summed E-state index contributed by atoms with van der Waals surface area (Å²) in [6.07, 6.45) is 4.81. The summed E-state index contributed by atoms with van der Waals surface area (Å²) in [5, 5.41) is 78.0. The molecule has 1 aliphatic heterocycles. The number of para-hydroxylation sites is 4. The number of carboxylic acids is 3. The number of carbonyl (C=O) groups excluding carboxylic acids is 3. The molecule has 1 aromatic heterocycles. The number of carbonyl (C=O) groups is 3. The van der Waals surface area contributed by atoms with Crippen LogP contribution in [0.15, 0.2) is 122 Å². The molecule has 5 aromatic rings. The Morgan fingerprint density at radius 2 is 1.11 bits per heavy atom. The SMILES string of the molecule is CN1CCCC1c1cccnc1.O=C([O-])c1ccccc1[OH2+].O=C([O-])c1ccccc1[OH2+].O=C([O-])c1ccccc1[OH2+].Oc1ccccc1C(O)O.[Co+3]. The van der Waals surface area contributed by atoms with Crippen molar-refractivity contribution in [2.24, 2.45) is 0 Å². The quantitative estimate of drug-likeness (QED) is 0.165. The summed E-state index contributed by atoms with van der Waals surface area (Å²) >= 11 is 0. The molecule has 1 atom stereocenters. The number of phenols is 1. The minimum atomic E-state index is -1.60. The van der Waals surface area contributed by atoms with Crippen LogP contribution in [-0.4, -0.2) is 72.0 Å². The average molecular weight is 776 g/mol. The number of aromatic nitrogens is 1. The van der Waals surface area contributed by atoms with E-state index in [1.807, 2.05) is 18.5 Å². The maximum Gasteiger partial charge on any atom is 3.00 e. The van der Waals surface area contributed by atoms with Crippen LogP contribution in [0.3, 0.4) is 0 Å². The minimum Gasteiger partial charge on any atom is -0.593 e. The van der Waals surface area contributed by atoms with Gasteiger partial charge in [0.1, 0.15) is 5.75 Å². The second kappa shape index (κ2) is 23.5. The Balaban J connectivity index is 0.000000331. The molecule has 0 spiro atoms. The number of aliphatic hydroxyl groups excluding tert-OH is 1. The maximum absolute atomic E-state index is 10.2. The summed E-state index contributed by atoms with van der Waals surface area (Å²) in [5.74, 6) is -4.04. The third-order valence-electron chi connectivity index (χ3n) is 7.25. The zero-order chi connectivity index (χ0) is 38.6. The van der Waals surface area contributed by atoms with Crippen molar-refractivity contribution in [3.8, 4) is 23.0 Å². The number of carboxylic acid groups (broad SMARTS) is 3. The predicted molar refractivity (Wildman–Crippen MR) is 186 cm³/mol. The number of phenolic OH excluding ortho intramolecular Hbond substituents is 1. The first-order chi connectivity index (χ1) is 24.7. The van der Waals surface area contributed by atoms with Crippen molar-refractivity contribution in [1.82, 2.24) is 9.88 Å². The number of aromatic carboxylic acids is 3. The number of nitrogens with zero attached hydrogens (tertiary/aromatic N) is 2. The van der Waals surface area contributed by atoms with Gasteiger partial charge in [-0.1, -0.05) is 60.7 Å². The molecule has 1 fully saturated rings. The van der Waals surface area contributed by atoms with E-state index in [2.05, 4.69) is 23.0 Å². The van der Waals surface area contributed by atoms with Crippen LogP contribution >= 0.6 is 0 Å². The molecule has 14 nitrogen and oxygen atoms in total. The molecule has 1 unspecified atom stereocenters. The van der Waals surface area contributed by atoms with Crippen LogP contribution in [0.25, 0.3) is 0 Å². The van der Waals surface area contributed by atoms with Crippen molar-refractivity contribution < 1.29 is 77.1 Å². The number of aliphatic hydroxyl groups is 2. The van der Waals surface area contributed by atoms with E-state index in [1.165, 1.54) is 73.5 Å². The van der Waals surface area contributed by atoms with Crippen molar-refractivity contribution in [3.63, 3.8) is 0 Å². The number of aromatic hydroxyl groups is 1. The van der Waals surface area contributed by atoms with E-state index in [0.717, 1.165) is 0 Å². The summed E-state index contributed by atoms with van der Waals surface area (Å²) in [6.45, 7) is 1.22. The van der Waals surface area contributed by atoms with Crippen molar-refractivity contribution >= 4 is 17.9 Å². The van der Waals surface area contributed by atoms with E-state index in [1.54, 1.807) is 48.5 Å². The molecule has 1 saturated heterocycles. The minimum absolute atomic E-state index is 0. The van der Waals surface area contributed by atoms with E-state index in [9.17, 15) is 29.7 Å². The average Bonchev–Trinajstić information content (AvgIpc) is 3.56. The van der Waals surface area contributed by atoms with Crippen molar-refractivity contribution in [2.45, 2.75) is 25.2 Å². The van der Waals surface area contributed by atoms with Gasteiger partial charge in [0.15, 0.2) is 6.29 Å². The zero-order valence-electron chi connectivity index (χ0n) is 28.3. The molecule has 0 amide bonds. The van der Waals surface area contributed by atoms with Crippen LogP contribution in [0, 0.1) is 0 Å². The Hall–Kier alpha value is -5.97. The van der Waals surface area contributed by atoms with Crippen LogP contribution in [0.2, 0.25) is 0 Å². The molecule has 9 N–H and O–H groups in total. The van der Waals surface area contributed by atoms with Gasteiger partial charge in [0.25, 0.3) is 17.2 Å². The monoisotopic (exact) mass is 775 g/mol. The van der Waals surface area contributed by atoms with Crippen LogP contribution in [0.1, 0.15) is 67.4 Å². The first-order valence-electron chi connectivity index (χ1n) is 15.5. The third-order valence-corrected chi connectivity index (χ3v) is 7.25. The molecule has 0 aliphatic carbocycles. The second-order valence-corrected chi connectivity index (χ2v) is 10.9. The molecular weight excluding hydrogens is 735 g/mol. The Labute approximate surface area is 315 Å². The molecular formula is C38H40CoN2O12+3. The number of hydrogen-bond acceptors (Lipinski definition) is 11. The standard InChI is InChI=1S/C10H14N2.C7H8O3.3C7H6O3.Co/c1-12-7-3-5-10(12)9-4-2-6-11-8-9;4*8-6-4-2-1-3-5(6)7(9)10;/h2,4,6,8,10H,3,5,7H2,1H3;1-4,7-10H;3*1-4,8H,(H,9,10);/q;;;;;+3. The molecule has 0 saturated carbocycles. The van der Waals surface area contributed by atoms with Gasteiger partial charge >= 0.3 is 16.8 Å². The predicted octanol–water partition coefficient (Wildman–Crippen LogP) is 0.685. The van der Waals surface area contributed by atoms with Gasteiger partial charge in [-0.2, -0.15) is 0 Å². The summed E-state index contributed by atoms with van der Waals surface area (Å²) in [4.78, 5) is 37.1. The fourth-order valence-electron chi connectivity index (χ4n) is 4.59. The molecule has 6 rings (SSSR count). The van der Waals surface area contributed by atoms with Gasteiger partial charge in [-0.15, -0.1) is 0 Å².